The molecule has 0 saturated carbocycles. The van der Waals surface area contributed by atoms with Gasteiger partial charge < -0.3 is 19.5 Å². The molecule has 1 saturated heterocycles. The number of aryl methyl sites for hydroxylation is 1. The van der Waals surface area contributed by atoms with E-state index in [9.17, 15) is 8.60 Å². The number of hydrogen-bond acceptors (Lipinski definition) is 8. The van der Waals surface area contributed by atoms with Crippen LogP contribution >= 0.6 is 0 Å². The van der Waals surface area contributed by atoms with Gasteiger partial charge in [0, 0.05) is 28.3 Å². The second kappa shape index (κ2) is 9.54. The maximum Gasteiger partial charge on any atom is 0.145 e. The highest BCUT2D eigenvalue weighted by Crippen LogP contribution is 2.33. The van der Waals surface area contributed by atoms with Gasteiger partial charge in [-0.15, -0.1) is 0 Å². The minimum atomic E-state index is -1.66. The monoisotopic (exact) mass is 446 g/mol. The molecule has 0 aliphatic carbocycles. The summed E-state index contributed by atoms with van der Waals surface area (Å²) in [5.74, 6) is 0.474. The van der Waals surface area contributed by atoms with Crippen LogP contribution in [-0.2, 0) is 20.1 Å². The van der Waals surface area contributed by atoms with E-state index in [0.717, 1.165) is 10.9 Å². The summed E-state index contributed by atoms with van der Waals surface area (Å²) >= 11 is 0. The van der Waals surface area contributed by atoms with Crippen LogP contribution in [0.5, 0.6) is 5.75 Å². The van der Waals surface area contributed by atoms with Gasteiger partial charge in [0.05, 0.1) is 36.7 Å². The van der Waals surface area contributed by atoms with Gasteiger partial charge in [0.1, 0.15) is 36.4 Å². The van der Waals surface area contributed by atoms with Gasteiger partial charge in [-0.25, -0.2) is 18.7 Å². The van der Waals surface area contributed by atoms with Crippen LogP contribution in [0, 0.1) is 12.7 Å². The maximum absolute atomic E-state index is 13.9. The van der Waals surface area contributed by atoms with E-state index >= 15 is 0 Å². The molecule has 0 spiro atoms. The Kier molecular flexibility index (Phi) is 6.59. The molecular formula is C21H23FN4O4S. The zero-order chi connectivity index (χ0) is 21.8. The van der Waals surface area contributed by atoms with Gasteiger partial charge >= 0.3 is 0 Å². The summed E-state index contributed by atoms with van der Waals surface area (Å²) in [6.45, 7) is 3.65. The van der Waals surface area contributed by atoms with Crippen molar-refractivity contribution in [2.24, 2.45) is 4.36 Å². The Morgan fingerprint density at radius 1 is 1.29 bits per heavy atom. The number of halogens is 1. The van der Waals surface area contributed by atoms with Gasteiger partial charge in [0.25, 0.3) is 0 Å². The number of nitrogens with one attached hydrogen (secondary N) is 1. The molecule has 2 atom stereocenters. The van der Waals surface area contributed by atoms with Crippen molar-refractivity contribution in [2.75, 3.05) is 38.0 Å². The van der Waals surface area contributed by atoms with Crippen molar-refractivity contribution in [1.29, 1.82) is 0 Å². The third-order valence-corrected chi connectivity index (χ3v) is 5.20. The average molecular weight is 447 g/mol. The Morgan fingerprint density at radius 2 is 2.16 bits per heavy atom. The molecule has 10 heteroatoms. The highest BCUT2D eigenvalue weighted by Gasteiger charge is 2.17. The van der Waals surface area contributed by atoms with Gasteiger partial charge in [-0.05, 0) is 36.8 Å². The molecule has 0 radical (unpaired) electrons. The first-order chi connectivity index (χ1) is 15.0. The second-order valence-electron chi connectivity index (χ2n) is 7.09. The number of benzene rings is 2. The molecule has 3 aromatic rings. The van der Waals surface area contributed by atoms with E-state index in [0.29, 0.717) is 48.3 Å². The van der Waals surface area contributed by atoms with Crippen LogP contribution in [0.2, 0.25) is 0 Å². The Morgan fingerprint density at radius 3 is 2.94 bits per heavy atom. The predicted octanol–water partition coefficient (Wildman–Crippen LogP) is 3.54. The number of aromatic nitrogens is 2. The third kappa shape index (κ3) is 5.27. The number of thiol groups is 1. The van der Waals surface area contributed by atoms with E-state index in [2.05, 4.69) is 19.6 Å². The molecule has 164 valence electrons. The number of hydrogen-bond donors (Lipinski definition) is 2. The normalized spacial score (nSPS) is 17.6. The van der Waals surface area contributed by atoms with Gasteiger partial charge in [0.2, 0.25) is 0 Å². The SMILES string of the molecule is Cc1cc(/N=[SH](/C)=O)cc2ncnc(Nc3ccc(F)cc3OCC3COCCO3)c12. The van der Waals surface area contributed by atoms with Crippen LogP contribution in [0.25, 0.3) is 10.9 Å². The second-order valence-corrected chi connectivity index (χ2v) is 8.22. The van der Waals surface area contributed by atoms with Crippen LogP contribution in [0.1, 0.15) is 5.56 Å². The van der Waals surface area contributed by atoms with E-state index in [4.69, 9.17) is 14.2 Å². The molecule has 4 rings (SSSR count). The van der Waals surface area contributed by atoms with E-state index in [1.165, 1.54) is 18.5 Å². The molecule has 31 heavy (non-hydrogen) atoms. The van der Waals surface area contributed by atoms with E-state index in [-0.39, 0.29) is 12.7 Å². The Hall–Kier alpha value is -2.82. The number of rotatable bonds is 6. The van der Waals surface area contributed by atoms with Crippen LogP contribution in [0.15, 0.2) is 41.0 Å². The van der Waals surface area contributed by atoms with Crippen molar-refractivity contribution in [2.45, 2.75) is 13.0 Å². The summed E-state index contributed by atoms with van der Waals surface area (Å²) in [5, 5.41) is 4.01. The predicted molar refractivity (Wildman–Crippen MR) is 118 cm³/mol. The minimum absolute atomic E-state index is 0.209. The summed E-state index contributed by atoms with van der Waals surface area (Å²) < 4.78 is 46.3. The first-order valence-corrected chi connectivity index (χ1v) is 11.4. The Bertz CT molecular complexity index is 1180. The van der Waals surface area contributed by atoms with Crippen molar-refractivity contribution in [3.05, 3.63) is 48.0 Å². The molecule has 1 aliphatic heterocycles. The summed E-state index contributed by atoms with van der Waals surface area (Å²) in [6, 6.07) is 7.85. The third-order valence-electron chi connectivity index (χ3n) is 4.68. The van der Waals surface area contributed by atoms with Gasteiger partial charge in [-0.2, -0.15) is 0 Å². The number of ether oxygens (including phenoxy) is 3. The van der Waals surface area contributed by atoms with Crippen molar-refractivity contribution in [1.82, 2.24) is 9.97 Å². The molecule has 2 heterocycles. The number of nitrogens with zero attached hydrogens (tertiary/aromatic N) is 3. The highest BCUT2D eigenvalue weighted by molar-refractivity contribution is 7.74. The zero-order valence-electron chi connectivity index (χ0n) is 17.2. The molecule has 8 nitrogen and oxygen atoms in total. The van der Waals surface area contributed by atoms with E-state index in [1.807, 2.05) is 13.0 Å². The average Bonchev–Trinajstić information content (AvgIpc) is 2.74. The largest absolute Gasteiger partial charge is 0.488 e. The number of fused-ring (bicyclic) bond motifs is 1. The fourth-order valence-electron chi connectivity index (χ4n) is 3.35. The van der Waals surface area contributed by atoms with Gasteiger partial charge in [-0.1, -0.05) is 0 Å². The first-order valence-electron chi connectivity index (χ1n) is 9.76. The standard InChI is InChI=1S/C21H23FN4O4S/c1-13-7-15(26-31(2)27)9-18-20(13)21(24-12-23-18)25-17-4-3-14(22)8-19(17)30-11-16-10-28-5-6-29-16/h3-4,7-9,12,16,31H,5-6,10-11H2,1-2H3,(H,23,24,25). The smallest absolute Gasteiger partial charge is 0.145 e. The maximum atomic E-state index is 13.9. The van der Waals surface area contributed by atoms with Crippen LogP contribution in [0.4, 0.5) is 21.6 Å². The summed E-state index contributed by atoms with van der Waals surface area (Å²) in [4.78, 5) is 8.68. The molecule has 2 aromatic carbocycles. The topological polar surface area (TPSA) is 94.9 Å². The quantitative estimate of drug-likeness (QED) is 0.559. The first kappa shape index (κ1) is 21.4. The van der Waals surface area contributed by atoms with Gasteiger partial charge in [-0.3, -0.25) is 4.21 Å². The minimum Gasteiger partial charge on any atom is -0.488 e. The van der Waals surface area contributed by atoms with Gasteiger partial charge in [0.15, 0.2) is 0 Å². The highest BCUT2D eigenvalue weighted by atomic mass is 32.2. The molecule has 0 bridgehead atoms. The summed E-state index contributed by atoms with van der Waals surface area (Å²) in [7, 11) is -1.66. The van der Waals surface area contributed by atoms with Crippen molar-refractivity contribution >= 4 is 38.7 Å². The molecule has 1 fully saturated rings. The molecular weight excluding hydrogens is 423 g/mol. The van der Waals surface area contributed by atoms with Crippen LogP contribution in [0.3, 0.4) is 0 Å². The summed E-state index contributed by atoms with van der Waals surface area (Å²) in [6.07, 6.45) is 2.76. The lowest BCUT2D eigenvalue weighted by atomic mass is 10.1. The Labute approximate surface area is 181 Å². The molecule has 1 aromatic heterocycles. The lowest BCUT2D eigenvalue weighted by Gasteiger charge is -2.23. The molecule has 1 N–H and O–H groups in total. The fraction of sp³-hybridized carbons (Fsp3) is 0.333. The molecule has 0 amide bonds. The van der Waals surface area contributed by atoms with Crippen molar-refractivity contribution < 1.29 is 22.8 Å². The van der Waals surface area contributed by atoms with E-state index < -0.39 is 16.4 Å². The fourth-order valence-corrected chi connectivity index (χ4v) is 3.79. The lowest BCUT2D eigenvalue weighted by molar-refractivity contribution is -0.101. The number of anilines is 2. The van der Waals surface area contributed by atoms with Crippen LogP contribution < -0.4 is 10.1 Å². The molecule has 2 unspecified atom stereocenters. The zero-order valence-corrected chi connectivity index (χ0v) is 18.1. The van der Waals surface area contributed by atoms with Crippen LogP contribution in [-0.4, -0.2) is 53.0 Å². The molecule has 1 aliphatic rings. The van der Waals surface area contributed by atoms with E-state index in [1.54, 1.807) is 18.4 Å². The van der Waals surface area contributed by atoms with Crippen molar-refractivity contribution in [3.8, 4) is 5.75 Å². The summed E-state index contributed by atoms with van der Waals surface area (Å²) in [5.41, 5.74) is 2.68. The Balaban J connectivity index is 1.64. The lowest BCUT2D eigenvalue weighted by Crippen LogP contribution is -2.33. The van der Waals surface area contributed by atoms with Crippen molar-refractivity contribution in [3.63, 3.8) is 0 Å².